The molecule has 2 aliphatic rings. The van der Waals surface area contributed by atoms with Crippen LogP contribution in [0.1, 0.15) is 169 Å². The van der Waals surface area contributed by atoms with E-state index in [2.05, 4.69) is 38.1 Å². The summed E-state index contributed by atoms with van der Waals surface area (Å²) in [6, 6.07) is 89.3. The molecule has 16 aromatic rings. The topological polar surface area (TPSA) is 0 Å². The zero-order valence-corrected chi connectivity index (χ0v) is 84.8. The van der Waals surface area contributed by atoms with Crippen LogP contribution in [0.4, 0.5) is 52.7 Å². The molecule has 0 spiro atoms. The molecule has 0 heterocycles. The Kier molecular flexibility index (Phi) is 38.9. The lowest BCUT2D eigenvalue weighted by atomic mass is 9.79. The molecule has 0 amide bonds. The van der Waals surface area contributed by atoms with Gasteiger partial charge in [0, 0.05) is 47.4 Å². The number of rotatable bonds is 10. The smallest absolute Gasteiger partial charge is 0.166 e. The van der Waals surface area contributed by atoms with Gasteiger partial charge >= 0.3 is 0 Å². The lowest BCUT2D eigenvalue weighted by Gasteiger charge is -2.26. The Bertz CT molecular complexity index is 6010. The molecule has 16 heteroatoms. The van der Waals surface area contributed by atoms with Gasteiger partial charge in [0.25, 0.3) is 0 Å². The van der Waals surface area contributed by atoms with Crippen LogP contribution >= 0.6 is 46.4 Å². The van der Waals surface area contributed by atoms with Crippen LogP contribution in [0.25, 0.3) is 89.0 Å². The first-order valence-corrected chi connectivity index (χ1v) is 48.4. The first kappa shape index (κ1) is 108. The molecular formula is C124H120Cl4F12. The van der Waals surface area contributed by atoms with Gasteiger partial charge in [-0.1, -0.05) is 411 Å². The normalized spacial score (nSPS) is 14.1. The lowest BCUT2D eigenvalue weighted by Crippen LogP contribution is -2.10. The maximum absolute atomic E-state index is 14.1. The van der Waals surface area contributed by atoms with E-state index in [-0.39, 0.29) is 46.2 Å². The molecule has 0 atom stereocenters. The van der Waals surface area contributed by atoms with Crippen molar-refractivity contribution < 1.29 is 55.5 Å². The lowest BCUT2D eigenvalue weighted by molar-refractivity contribution is 0.348. The molecule has 2 aliphatic carbocycles. The van der Waals surface area contributed by atoms with Gasteiger partial charge in [-0.2, -0.15) is 0 Å². The van der Waals surface area contributed by atoms with Gasteiger partial charge in [-0.3, -0.25) is 0 Å². The maximum Gasteiger partial charge on any atom is 0.166 e. The molecule has 0 nitrogen and oxygen atoms in total. The average molecular weight is 1980 g/mol. The van der Waals surface area contributed by atoms with Crippen LogP contribution in [-0.2, 0) is 0 Å². The summed E-state index contributed by atoms with van der Waals surface area (Å²) in [7, 11) is 0. The molecule has 0 aromatic heterocycles. The van der Waals surface area contributed by atoms with Crippen LogP contribution in [0.5, 0.6) is 0 Å². The minimum atomic E-state index is -0.774. The van der Waals surface area contributed by atoms with Crippen molar-refractivity contribution in [1.82, 2.24) is 0 Å². The highest BCUT2D eigenvalue weighted by Gasteiger charge is 2.25. The van der Waals surface area contributed by atoms with E-state index in [0.717, 1.165) is 89.7 Å². The molecule has 18 rings (SSSR count). The van der Waals surface area contributed by atoms with Crippen molar-refractivity contribution in [2.24, 2.45) is 11.8 Å². The van der Waals surface area contributed by atoms with Gasteiger partial charge in [0.05, 0.1) is 20.1 Å². The number of hydrogen-bond donors (Lipinski definition) is 0. The van der Waals surface area contributed by atoms with Crippen molar-refractivity contribution in [2.75, 3.05) is 0 Å². The van der Waals surface area contributed by atoms with Crippen LogP contribution in [0.2, 0.25) is 20.1 Å². The fraction of sp³-hybridized carbons (Fsp3) is 0.226. The Labute approximate surface area is 841 Å². The quantitative estimate of drug-likeness (QED) is 0.120. The van der Waals surface area contributed by atoms with E-state index >= 15 is 0 Å². The zero-order chi connectivity index (χ0) is 102. The van der Waals surface area contributed by atoms with E-state index in [1.165, 1.54) is 73.6 Å². The molecular weight excluding hydrogens is 1860 g/mol. The van der Waals surface area contributed by atoms with Gasteiger partial charge in [0.2, 0.25) is 0 Å². The average Bonchev–Trinajstić information content (AvgIpc) is 0.774. The Balaban J connectivity index is 0.000000181. The minimum Gasteiger partial charge on any atom is -0.205 e. The van der Waals surface area contributed by atoms with Gasteiger partial charge in [-0.15, -0.1) is 0 Å². The molecule has 728 valence electrons. The molecule has 16 aromatic carbocycles. The second-order valence-electron chi connectivity index (χ2n) is 36.8. The number of hydrogen-bond acceptors (Lipinski definition) is 0. The first-order chi connectivity index (χ1) is 66.7. The summed E-state index contributed by atoms with van der Waals surface area (Å²) < 4.78 is 165. The molecule has 0 radical (unpaired) electrons. The summed E-state index contributed by atoms with van der Waals surface area (Å²) in [6.07, 6.45) is 10.0. The summed E-state index contributed by atoms with van der Waals surface area (Å²) in [5, 5.41) is 0.809. The number of aryl methyl sites for hydroxylation is 14. The maximum atomic E-state index is 14.1. The predicted octanol–water partition coefficient (Wildman–Crippen LogP) is 40.5. The highest BCUT2D eigenvalue weighted by molar-refractivity contribution is 6.34. The van der Waals surface area contributed by atoms with Gasteiger partial charge in [-0.25, -0.2) is 52.7 Å². The van der Waals surface area contributed by atoms with Gasteiger partial charge < -0.3 is 0 Å². The Morgan fingerprint density at radius 2 is 0.321 bits per heavy atom. The molecule has 0 unspecified atom stereocenters. The summed E-state index contributed by atoms with van der Waals surface area (Å²) in [5.41, 5.74) is 23.8. The van der Waals surface area contributed by atoms with Crippen LogP contribution in [0.3, 0.4) is 0 Å². The van der Waals surface area contributed by atoms with Crippen LogP contribution in [-0.4, -0.2) is 0 Å². The molecule has 0 aliphatic heterocycles. The van der Waals surface area contributed by atoms with E-state index < -0.39 is 46.5 Å². The number of benzene rings is 16. The van der Waals surface area contributed by atoms with Crippen molar-refractivity contribution in [3.8, 4) is 89.0 Å². The zero-order valence-electron chi connectivity index (χ0n) is 81.7. The van der Waals surface area contributed by atoms with Crippen LogP contribution in [0.15, 0.2) is 291 Å². The first-order valence-electron chi connectivity index (χ1n) is 46.9. The largest absolute Gasteiger partial charge is 0.205 e. The second-order valence-corrected chi connectivity index (χ2v) is 38.3. The number of halogens is 16. The highest BCUT2D eigenvalue weighted by Crippen LogP contribution is 2.42. The van der Waals surface area contributed by atoms with Gasteiger partial charge in [0.1, 0.15) is 23.3 Å². The SMILES string of the molecule is Cc1ccc(-c2ccc(C)c(Cl)c2F)cc1.Cc1ccc(-c2ccc(C)c(Cl)c2F)cc1.Cc1ccc(-c2ccc(C)c(F)c2Cl)cc1.Cc1ccc(-c2ccc(C)c(F)c2Cl)cc1.Cc1ccc(-c2ccc(C)c(F)c2F)cc1.Cc1ccc(-c2ccc(C)c(F)c2F)cc1.Cc1ccc(-c2ccc(C3CCC(C)CC3)cc2)c(F)c1F.Cc1ccc(-c2ccc(C3CCC(C)CC3)cc2)c(F)c1F.[HH].[HH]. The summed E-state index contributed by atoms with van der Waals surface area (Å²) in [6.45, 7) is 29.8. The standard InChI is InChI=1S/2C20H22F2.4C14H12ClF.2C14H12F2.2H2/c2*1-13-3-6-15(7-4-13)16-8-10-17(11-9-16)18-12-5-14(2)19(21)20(18)22;2*1-9-3-6-11(7-4-9)12-8-5-10(2)14(16)13(12)15;4*1-9-3-6-11(7-4-9)12-8-5-10(2)13(15)14(12)16;;/h2*5,8-13,15H,3-4,6-7H2,1-2H3;6*3-8H,1-2H3;2*1H. The van der Waals surface area contributed by atoms with Gasteiger partial charge in [0.15, 0.2) is 46.5 Å². The molecule has 0 bridgehead atoms. The fourth-order valence-corrected chi connectivity index (χ4v) is 17.4. The van der Waals surface area contributed by atoms with Crippen LogP contribution < -0.4 is 0 Å². The Morgan fingerprint density at radius 3 is 0.521 bits per heavy atom. The van der Waals surface area contributed by atoms with Crippen molar-refractivity contribution in [3.05, 3.63) is 470 Å². The third kappa shape index (κ3) is 28.2. The predicted molar refractivity (Wildman–Crippen MR) is 566 cm³/mol. The summed E-state index contributed by atoms with van der Waals surface area (Å²) in [5.74, 6) is -4.53. The van der Waals surface area contributed by atoms with Crippen molar-refractivity contribution in [3.63, 3.8) is 0 Å². The van der Waals surface area contributed by atoms with Gasteiger partial charge in [-0.05, 0) is 246 Å². The molecule has 0 saturated heterocycles. The van der Waals surface area contributed by atoms with Crippen LogP contribution in [0, 0.1) is 179 Å². The Morgan fingerprint density at radius 1 is 0.164 bits per heavy atom. The summed E-state index contributed by atoms with van der Waals surface area (Å²) >= 11 is 23.8. The van der Waals surface area contributed by atoms with E-state index in [1.807, 2.05) is 211 Å². The Hall–Kier alpha value is -12.2. The molecule has 2 fully saturated rings. The van der Waals surface area contributed by atoms with Crippen molar-refractivity contribution >= 4 is 46.4 Å². The fourth-order valence-electron chi connectivity index (χ4n) is 16.4. The van der Waals surface area contributed by atoms with Crippen molar-refractivity contribution in [2.45, 2.75) is 174 Å². The third-order valence-electron chi connectivity index (χ3n) is 25.8. The minimum absolute atomic E-state index is 0. The molecule has 2 saturated carbocycles. The van der Waals surface area contributed by atoms with E-state index in [4.69, 9.17) is 46.4 Å². The highest BCUT2D eigenvalue weighted by atomic mass is 35.5. The third-order valence-corrected chi connectivity index (χ3v) is 27.5. The van der Waals surface area contributed by atoms with E-state index in [1.54, 1.807) is 152 Å². The van der Waals surface area contributed by atoms with Crippen molar-refractivity contribution in [1.29, 1.82) is 0 Å². The second kappa shape index (κ2) is 50.3. The summed E-state index contributed by atoms with van der Waals surface area (Å²) in [4.78, 5) is 0. The van der Waals surface area contributed by atoms with E-state index in [0.29, 0.717) is 89.7 Å². The monoisotopic (exact) mass is 1980 g/mol. The van der Waals surface area contributed by atoms with E-state index in [9.17, 15) is 52.7 Å². The molecule has 0 N–H and O–H groups in total. The molecule has 140 heavy (non-hydrogen) atoms.